The maximum atomic E-state index is 11.5. The predicted molar refractivity (Wildman–Crippen MR) is 56.2 cm³/mol. The third-order valence-electron chi connectivity index (χ3n) is 2.58. The minimum atomic E-state index is -0.635. The highest BCUT2D eigenvalue weighted by molar-refractivity contribution is 5.99. The van der Waals surface area contributed by atoms with Gasteiger partial charge in [-0.15, -0.1) is 0 Å². The van der Waals surface area contributed by atoms with Gasteiger partial charge in [-0.3, -0.25) is 4.79 Å². The molecule has 0 aliphatic carbocycles. The smallest absolute Gasteiger partial charge is 0.417 e. The molecule has 1 aliphatic heterocycles. The van der Waals surface area contributed by atoms with E-state index in [-0.39, 0.29) is 12.0 Å². The van der Waals surface area contributed by atoms with Crippen LogP contribution >= 0.6 is 0 Å². The van der Waals surface area contributed by atoms with Crippen LogP contribution in [0, 0.1) is 5.92 Å². The largest absolute Gasteiger partial charge is 0.441 e. The van der Waals surface area contributed by atoms with Gasteiger partial charge in [0.1, 0.15) is 5.60 Å². The van der Waals surface area contributed by atoms with Gasteiger partial charge in [0.25, 0.3) is 5.91 Å². The molecule has 0 aromatic carbocycles. The Morgan fingerprint density at radius 3 is 2.53 bits per heavy atom. The normalized spacial score (nSPS) is 24.2. The summed E-state index contributed by atoms with van der Waals surface area (Å²) < 4.78 is 5.18. The molecule has 1 atom stereocenters. The van der Waals surface area contributed by atoms with Gasteiger partial charge in [0.05, 0.1) is 6.04 Å². The van der Waals surface area contributed by atoms with Crippen molar-refractivity contribution in [1.29, 1.82) is 0 Å². The molecule has 84 valence electrons. The molecule has 0 aromatic rings. The van der Waals surface area contributed by atoms with Gasteiger partial charge in [0.15, 0.2) is 0 Å². The van der Waals surface area contributed by atoms with Crippen molar-refractivity contribution in [2.75, 3.05) is 0 Å². The second-order valence-electron chi connectivity index (χ2n) is 4.57. The van der Waals surface area contributed by atoms with Crippen molar-refractivity contribution < 1.29 is 14.3 Å². The molecule has 1 heterocycles. The lowest BCUT2D eigenvalue weighted by atomic mass is 9.89. The predicted octanol–water partition coefficient (Wildman–Crippen LogP) is 1.95. The molecular weight excluding hydrogens is 194 g/mol. The zero-order valence-electron chi connectivity index (χ0n) is 9.61. The van der Waals surface area contributed by atoms with Gasteiger partial charge >= 0.3 is 6.09 Å². The van der Waals surface area contributed by atoms with E-state index in [0.717, 1.165) is 11.0 Å². The van der Waals surface area contributed by atoms with E-state index in [1.165, 1.54) is 0 Å². The van der Waals surface area contributed by atoms with Gasteiger partial charge < -0.3 is 4.74 Å². The van der Waals surface area contributed by atoms with Crippen molar-refractivity contribution in [2.45, 2.75) is 39.3 Å². The highest BCUT2D eigenvalue weighted by Crippen LogP contribution is 2.34. The number of ether oxygens (including phenoxy) is 1. The number of hydrogen-bond donors (Lipinski definition) is 0. The van der Waals surface area contributed by atoms with Gasteiger partial charge in [0.2, 0.25) is 0 Å². The van der Waals surface area contributed by atoms with Gasteiger partial charge in [-0.2, -0.15) is 0 Å². The lowest BCUT2D eigenvalue weighted by molar-refractivity contribution is -0.125. The molecular formula is C11H17NO3. The van der Waals surface area contributed by atoms with Crippen LogP contribution in [-0.2, 0) is 9.53 Å². The average molecular weight is 211 g/mol. The summed E-state index contributed by atoms with van der Waals surface area (Å²) in [6, 6.07) is -0.240. The van der Waals surface area contributed by atoms with Crippen LogP contribution in [0.2, 0.25) is 0 Å². The van der Waals surface area contributed by atoms with E-state index in [0.29, 0.717) is 0 Å². The molecule has 1 aliphatic rings. The first-order valence-corrected chi connectivity index (χ1v) is 5.00. The number of rotatable bonds is 2. The Balaban J connectivity index is 3.08. The first-order valence-electron chi connectivity index (χ1n) is 5.00. The summed E-state index contributed by atoms with van der Waals surface area (Å²) in [7, 11) is 0. The van der Waals surface area contributed by atoms with E-state index < -0.39 is 17.6 Å². The number of carbonyl (C=O) groups is 2. The van der Waals surface area contributed by atoms with Crippen LogP contribution in [-0.4, -0.2) is 28.5 Å². The Hall–Kier alpha value is -1.32. The maximum Gasteiger partial charge on any atom is 0.417 e. The quantitative estimate of drug-likeness (QED) is 0.656. The maximum absolute atomic E-state index is 11.5. The summed E-state index contributed by atoms with van der Waals surface area (Å²) in [5.41, 5.74) is -0.635. The summed E-state index contributed by atoms with van der Waals surface area (Å²) in [5, 5.41) is 0. The highest BCUT2D eigenvalue weighted by atomic mass is 16.6. The van der Waals surface area contributed by atoms with Crippen LogP contribution in [0.5, 0.6) is 0 Å². The van der Waals surface area contributed by atoms with Crippen molar-refractivity contribution in [3.63, 3.8) is 0 Å². The lowest BCUT2D eigenvalue weighted by Gasteiger charge is -2.30. The fourth-order valence-corrected chi connectivity index (χ4v) is 2.19. The van der Waals surface area contributed by atoms with Crippen molar-refractivity contribution in [2.24, 2.45) is 5.92 Å². The van der Waals surface area contributed by atoms with Gasteiger partial charge in [-0.25, -0.2) is 9.69 Å². The SMILES string of the molecule is C=CC(=O)N1C(=O)OC(C)(C)[C@@H]1C(C)C. The minimum absolute atomic E-state index is 0.148. The second-order valence-corrected chi connectivity index (χ2v) is 4.57. The summed E-state index contributed by atoms with van der Waals surface area (Å²) in [4.78, 5) is 24.2. The molecule has 0 unspecified atom stereocenters. The monoisotopic (exact) mass is 211 g/mol. The van der Waals surface area contributed by atoms with Crippen molar-refractivity contribution in [3.05, 3.63) is 12.7 Å². The lowest BCUT2D eigenvalue weighted by Crippen LogP contribution is -2.47. The Labute approximate surface area is 89.9 Å². The Bertz CT molecular complexity index is 307. The Morgan fingerprint density at radius 1 is 1.60 bits per heavy atom. The third-order valence-corrected chi connectivity index (χ3v) is 2.58. The number of nitrogens with zero attached hydrogens (tertiary/aromatic N) is 1. The van der Waals surface area contributed by atoms with Crippen LogP contribution in [0.3, 0.4) is 0 Å². The molecule has 0 spiro atoms. The van der Waals surface area contributed by atoms with Gasteiger partial charge in [-0.1, -0.05) is 20.4 Å². The van der Waals surface area contributed by atoms with Crippen LogP contribution in [0.1, 0.15) is 27.7 Å². The Kier molecular flexibility index (Phi) is 2.88. The van der Waals surface area contributed by atoms with Crippen molar-refractivity contribution in [3.8, 4) is 0 Å². The van der Waals surface area contributed by atoms with E-state index in [4.69, 9.17) is 4.74 Å². The standard InChI is InChI=1S/C11H17NO3/c1-6-8(13)12-9(7(2)3)11(4,5)15-10(12)14/h6-7,9H,1H2,2-5H3/t9-/m0/s1. The third kappa shape index (κ3) is 1.89. The van der Waals surface area contributed by atoms with Crippen molar-refractivity contribution >= 4 is 12.0 Å². The molecule has 0 bridgehead atoms. The zero-order valence-corrected chi connectivity index (χ0v) is 9.61. The molecule has 1 fully saturated rings. The molecule has 1 saturated heterocycles. The molecule has 0 N–H and O–H groups in total. The minimum Gasteiger partial charge on any atom is -0.441 e. The second kappa shape index (κ2) is 3.68. The van der Waals surface area contributed by atoms with Crippen molar-refractivity contribution in [1.82, 2.24) is 4.90 Å². The van der Waals surface area contributed by atoms with Crippen LogP contribution in [0.15, 0.2) is 12.7 Å². The number of amides is 2. The first kappa shape index (κ1) is 11.8. The Morgan fingerprint density at radius 2 is 2.13 bits per heavy atom. The molecule has 0 saturated carbocycles. The van der Waals surface area contributed by atoms with Crippen LogP contribution in [0.4, 0.5) is 4.79 Å². The molecule has 2 amide bonds. The fraction of sp³-hybridized carbons (Fsp3) is 0.636. The van der Waals surface area contributed by atoms with E-state index in [1.54, 1.807) is 0 Å². The van der Waals surface area contributed by atoms with E-state index >= 15 is 0 Å². The molecule has 0 aromatic heterocycles. The average Bonchev–Trinajstić information content (AvgIpc) is 2.33. The highest BCUT2D eigenvalue weighted by Gasteiger charge is 2.51. The summed E-state index contributed by atoms with van der Waals surface area (Å²) >= 11 is 0. The molecule has 4 heteroatoms. The first-order chi connectivity index (χ1) is 6.81. The van der Waals surface area contributed by atoms with E-state index in [1.807, 2.05) is 27.7 Å². The molecule has 4 nitrogen and oxygen atoms in total. The van der Waals surface area contributed by atoms with Crippen LogP contribution in [0.25, 0.3) is 0 Å². The number of imide groups is 1. The summed E-state index contributed by atoms with van der Waals surface area (Å²) in [5.74, 6) is -0.250. The number of cyclic esters (lactones) is 1. The number of hydrogen-bond acceptors (Lipinski definition) is 3. The summed E-state index contributed by atoms with van der Waals surface area (Å²) in [6.45, 7) is 10.9. The molecule has 1 rings (SSSR count). The van der Waals surface area contributed by atoms with Gasteiger partial charge in [-0.05, 0) is 25.8 Å². The molecule has 0 radical (unpaired) electrons. The van der Waals surface area contributed by atoms with E-state index in [2.05, 4.69) is 6.58 Å². The van der Waals surface area contributed by atoms with E-state index in [9.17, 15) is 9.59 Å². The molecule has 15 heavy (non-hydrogen) atoms. The topological polar surface area (TPSA) is 46.6 Å². The summed E-state index contributed by atoms with van der Waals surface area (Å²) in [6.07, 6.45) is 0.557. The van der Waals surface area contributed by atoms with Crippen LogP contribution < -0.4 is 0 Å². The number of carbonyl (C=O) groups excluding carboxylic acids is 2. The fourth-order valence-electron chi connectivity index (χ4n) is 2.19. The van der Waals surface area contributed by atoms with Gasteiger partial charge in [0, 0.05) is 0 Å². The zero-order chi connectivity index (χ0) is 11.8.